The molecule has 3 amide bonds. The second-order valence-corrected chi connectivity index (χ2v) is 4.89. The second-order valence-electron chi connectivity index (χ2n) is 4.89. The van der Waals surface area contributed by atoms with Crippen molar-refractivity contribution < 1.29 is 29.1 Å². The van der Waals surface area contributed by atoms with Gasteiger partial charge in [-0.25, -0.2) is 0 Å². The van der Waals surface area contributed by atoms with E-state index in [0.717, 1.165) is 0 Å². The lowest BCUT2D eigenvalue weighted by Gasteiger charge is -2.26. The van der Waals surface area contributed by atoms with Gasteiger partial charge in [0, 0.05) is 32.4 Å². The summed E-state index contributed by atoms with van der Waals surface area (Å²) in [5.41, 5.74) is 10.1. The third kappa shape index (κ3) is 5.66. The van der Waals surface area contributed by atoms with Gasteiger partial charge in [-0.1, -0.05) is 0 Å². The summed E-state index contributed by atoms with van der Waals surface area (Å²) >= 11 is 0. The molecule has 0 bridgehead atoms. The largest absolute Gasteiger partial charge is 0.452 e. The van der Waals surface area contributed by atoms with Crippen molar-refractivity contribution in [3.8, 4) is 0 Å². The SMILES string of the molecule is NC(=O)CCN(O)[C@H]1CCC(=O)O[C@H](C(N)=O)CCNC1=O. The molecular weight excluding hydrogens is 296 g/mol. The van der Waals surface area contributed by atoms with Gasteiger partial charge in [-0.2, -0.15) is 5.06 Å². The number of rotatable bonds is 5. The lowest BCUT2D eigenvalue weighted by Crippen LogP contribution is -2.48. The highest BCUT2D eigenvalue weighted by molar-refractivity contribution is 5.85. The van der Waals surface area contributed by atoms with Crippen molar-refractivity contribution in [2.45, 2.75) is 37.8 Å². The van der Waals surface area contributed by atoms with Crippen molar-refractivity contribution in [2.24, 2.45) is 11.5 Å². The molecule has 1 heterocycles. The highest BCUT2D eigenvalue weighted by Gasteiger charge is 2.29. The van der Waals surface area contributed by atoms with Crippen molar-refractivity contribution in [3.63, 3.8) is 0 Å². The predicted molar refractivity (Wildman–Crippen MR) is 72.0 cm³/mol. The van der Waals surface area contributed by atoms with Crippen LogP contribution < -0.4 is 16.8 Å². The van der Waals surface area contributed by atoms with E-state index in [0.29, 0.717) is 5.06 Å². The lowest BCUT2D eigenvalue weighted by atomic mass is 10.1. The van der Waals surface area contributed by atoms with Crippen LogP contribution in [0.15, 0.2) is 0 Å². The maximum atomic E-state index is 12.0. The summed E-state index contributed by atoms with van der Waals surface area (Å²) in [7, 11) is 0. The van der Waals surface area contributed by atoms with Crippen LogP contribution in [0.3, 0.4) is 0 Å². The van der Waals surface area contributed by atoms with Gasteiger partial charge in [0.05, 0.1) is 0 Å². The van der Waals surface area contributed by atoms with E-state index >= 15 is 0 Å². The Labute approximate surface area is 126 Å². The summed E-state index contributed by atoms with van der Waals surface area (Å²) in [6.07, 6.45) is -1.40. The van der Waals surface area contributed by atoms with Gasteiger partial charge in [0.25, 0.3) is 5.91 Å². The molecule has 0 aliphatic carbocycles. The number of hydrogen-bond donors (Lipinski definition) is 4. The van der Waals surface area contributed by atoms with Crippen molar-refractivity contribution in [1.82, 2.24) is 10.4 Å². The van der Waals surface area contributed by atoms with Crippen molar-refractivity contribution in [3.05, 3.63) is 0 Å². The highest BCUT2D eigenvalue weighted by Crippen LogP contribution is 2.11. The van der Waals surface area contributed by atoms with E-state index in [4.69, 9.17) is 16.2 Å². The molecule has 0 spiro atoms. The Morgan fingerprint density at radius 1 is 1.32 bits per heavy atom. The van der Waals surface area contributed by atoms with Crippen LogP contribution in [0.2, 0.25) is 0 Å². The normalized spacial score (nSPS) is 23.5. The molecule has 6 N–H and O–H groups in total. The second kappa shape index (κ2) is 8.29. The molecule has 22 heavy (non-hydrogen) atoms. The molecule has 10 nitrogen and oxygen atoms in total. The van der Waals surface area contributed by atoms with Gasteiger partial charge in [-0.3, -0.25) is 19.2 Å². The fraction of sp³-hybridized carbons (Fsp3) is 0.667. The van der Waals surface area contributed by atoms with Gasteiger partial charge >= 0.3 is 5.97 Å². The molecule has 0 aromatic heterocycles. The van der Waals surface area contributed by atoms with Gasteiger partial charge < -0.3 is 26.7 Å². The number of amides is 3. The van der Waals surface area contributed by atoms with Gasteiger partial charge in [0.15, 0.2) is 6.10 Å². The first-order valence-electron chi connectivity index (χ1n) is 6.81. The molecule has 124 valence electrons. The number of primary amides is 2. The number of hydroxylamine groups is 2. The molecule has 1 fully saturated rings. The first-order chi connectivity index (χ1) is 10.3. The number of esters is 1. The topological polar surface area (TPSA) is 165 Å². The number of nitrogens with two attached hydrogens (primary N) is 2. The third-order valence-corrected chi connectivity index (χ3v) is 3.17. The summed E-state index contributed by atoms with van der Waals surface area (Å²) in [4.78, 5) is 45.4. The zero-order valence-electron chi connectivity index (χ0n) is 12.0. The Bertz CT molecular complexity index is 455. The zero-order chi connectivity index (χ0) is 16.7. The van der Waals surface area contributed by atoms with Crippen LogP contribution in [0.4, 0.5) is 0 Å². The molecule has 1 rings (SSSR count). The Morgan fingerprint density at radius 3 is 2.59 bits per heavy atom. The maximum Gasteiger partial charge on any atom is 0.306 e. The van der Waals surface area contributed by atoms with Gasteiger partial charge in [-0.15, -0.1) is 0 Å². The van der Waals surface area contributed by atoms with E-state index in [1.54, 1.807) is 0 Å². The lowest BCUT2D eigenvalue weighted by molar-refractivity contribution is -0.164. The number of nitrogens with zero attached hydrogens (tertiary/aromatic N) is 1. The fourth-order valence-electron chi connectivity index (χ4n) is 1.97. The van der Waals surface area contributed by atoms with Crippen LogP contribution in [-0.4, -0.2) is 59.2 Å². The number of nitrogens with one attached hydrogen (secondary N) is 1. The Kier molecular flexibility index (Phi) is 6.73. The Morgan fingerprint density at radius 2 is 2.00 bits per heavy atom. The molecular formula is C12H20N4O6. The number of carbonyl (C=O) groups is 4. The summed E-state index contributed by atoms with van der Waals surface area (Å²) in [5, 5.41) is 13.0. The molecule has 0 unspecified atom stereocenters. The minimum Gasteiger partial charge on any atom is -0.452 e. The third-order valence-electron chi connectivity index (χ3n) is 3.17. The molecule has 0 radical (unpaired) electrons. The summed E-state index contributed by atoms with van der Waals surface area (Å²) in [6.45, 7) is -0.0771. The van der Waals surface area contributed by atoms with Crippen molar-refractivity contribution >= 4 is 23.7 Å². The molecule has 1 saturated heterocycles. The summed E-state index contributed by atoms with van der Waals surface area (Å²) < 4.78 is 4.91. The molecule has 0 saturated carbocycles. The van der Waals surface area contributed by atoms with Crippen molar-refractivity contribution in [2.75, 3.05) is 13.1 Å². The van der Waals surface area contributed by atoms with Crippen LogP contribution in [-0.2, 0) is 23.9 Å². The predicted octanol–water partition coefficient (Wildman–Crippen LogP) is -2.38. The highest BCUT2D eigenvalue weighted by atomic mass is 16.5. The Balaban J connectivity index is 2.69. The van der Waals surface area contributed by atoms with Crippen LogP contribution in [0.5, 0.6) is 0 Å². The average Bonchev–Trinajstić information content (AvgIpc) is 2.43. The minimum absolute atomic E-state index is 0.0363. The van der Waals surface area contributed by atoms with E-state index in [2.05, 4.69) is 5.32 Å². The monoisotopic (exact) mass is 316 g/mol. The molecule has 0 aromatic rings. The first kappa shape index (κ1) is 17.9. The molecule has 1 aliphatic heterocycles. The molecule has 10 heteroatoms. The number of cyclic esters (lactones) is 1. The number of carbonyl (C=O) groups excluding carboxylic acids is 4. The van der Waals surface area contributed by atoms with E-state index < -0.39 is 35.8 Å². The van der Waals surface area contributed by atoms with E-state index in [1.165, 1.54) is 0 Å². The smallest absolute Gasteiger partial charge is 0.306 e. The maximum absolute atomic E-state index is 12.0. The first-order valence-corrected chi connectivity index (χ1v) is 6.81. The minimum atomic E-state index is -1.09. The number of ether oxygens (including phenoxy) is 1. The average molecular weight is 316 g/mol. The molecule has 0 aromatic carbocycles. The van der Waals surface area contributed by atoms with Gasteiger partial charge in [0.2, 0.25) is 11.8 Å². The van der Waals surface area contributed by atoms with Crippen molar-refractivity contribution in [1.29, 1.82) is 0 Å². The quantitative estimate of drug-likeness (QED) is 0.324. The Hall–Kier alpha value is -2.20. The van der Waals surface area contributed by atoms with E-state index in [-0.39, 0.29) is 38.8 Å². The molecule has 1 aliphatic rings. The van der Waals surface area contributed by atoms with Crippen LogP contribution in [0.1, 0.15) is 25.7 Å². The van der Waals surface area contributed by atoms with Gasteiger partial charge in [0.1, 0.15) is 6.04 Å². The van der Waals surface area contributed by atoms with E-state index in [9.17, 15) is 24.4 Å². The molecule has 2 atom stereocenters. The van der Waals surface area contributed by atoms with Gasteiger partial charge in [-0.05, 0) is 6.42 Å². The fourth-order valence-corrected chi connectivity index (χ4v) is 1.97. The summed E-state index contributed by atoms with van der Waals surface area (Å²) in [6, 6.07) is -1.02. The zero-order valence-corrected chi connectivity index (χ0v) is 12.0. The van der Waals surface area contributed by atoms with Crippen LogP contribution in [0, 0.1) is 0 Å². The van der Waals surface area contributed by atoms with E-state index in [1.807, 2.05) is 0 Å². The van der Waals surface area contributed by atoms with Crippen LogP contribution in [0.25, 0.3) is 0 Å². The standard InChI is InChI=1S/C12H20N4O6/c13-9(17)4-6-16(21)7-1-2-10(18)22-8(11(14)19)3-5-15-12(7)20/h7-8,21H,1-6H2,(H2,13,17)(H2,14,19)(H,15,20)/t7-,8-/m0/s1. The van der Waals surface area contributed by atoms with Crippen LogP contribution >= 0.6 is 0 Å². The summed E-state index contributed by atoms with van der Waals surface area (Å²) in [5.74, 6) is -2.62. The number of hydrogen-bond acceptors (Lipinski definition) is 7.